The van der Waals surface area contributed by atoms with E-state index < -0.39 is 8.07 Å². The molecule has 0 amide bonds. The van der Waals surface area contributed by atoms with Crippen molar-refractivity contribution in [2.75, 3.05) is 6.61 Å². The molecular weight excluding hydrogens is 367 g/mol. The molecule has 0 aliphatic heterocycles. The van der Waals surface area contributed by atoms with Crippen LogP contribution in [0, 0.1) is 0 Å². The minimum absolute atomic E-state index is 0. The van der Waals surface area contributed by atoms with Gasteiger partial charge in [-0.3, -0.25) is 0 Å². The van der Waals surface area contributed by atoms with Gasteiger partial charge in [-0.2, -0.15) is 0 Å². The maximum Gasteiger partial charge on any atom is -1.00 e. The number of ether oxygens (including phenoxy) is 1. The van der Waals surface area contributed by atoms with Crippen LogP contribution in [0.2, 0.25) is 13.1 Å². The van der Waals surface area contributed by atoms with Crippen LogP contribution < -0.4 is 24.8 Å². The van der Waals surface area contributed by atoms with Crippen LogP contribution in [0.1, 0.15) is 33.6 Å². The molecule has 0 radical (unpaired) electrons. The van der Waals surface area contributed by atoms with Crippen LogP contribution in [0.25, 0.3) is 0 Å². The Bertz CT molecular complexity index is 535. The molecular formula is C17H25Cl2OSiTi. The molecule has 0 N–H and O–H groups in total. The van der Waals surface area contributed by atoms with Gasteiger partial charge in [0.2, 0.25) is 0 Å². The van der Waals surface area contributed by atoms with E-state index in [9.17, 15) is 0 Å². The fraction of sp³-hybridized carbons (Fsp3) is 0.529. The van der Waals surface area contributed by atoms with Crippen LogP contribution in [0.3, 0.4) is 0 Å². The Morgan fingerprint density at radius 3 is 2.36 bits per heavy atom. The van der Waals surface area contributed by atoms with Crippen molar-refractivity contribution in [2.24, 2.45) is 0 Å². The fourth-order valence-electron chi connectivity index (χ4n) is 3.64. The second kappa shape index (κ2) is 8.51. The molecule has 5 heteroatoms. The Morgan fingerprint density at radius 1 is 1.27 bits per heavy atom. The van der Waals surface area contributed by atoms with Crippen molar-refractivity contribution in [1.29, 1.82) is 0 Å². The van der Waals surface area contributed by atoms with Crippen LogP contribution in [0.15, 0.2) is 44.5 Å². The molecule has 2 aliphatic carbocycles. The van der Waals surface area contributed by atoms with Crippen LogP contribution in [0.4, 0.5) is 0 Å². The zero-order valence-corrected chi connectivity index (χ0v) is 18.2. The summed E-state index contributed by atoms with van der Waals surface area (Å²) in [6.45, 7) is 12.3. The van der Waals surface area contributed by atoms with Crippen LogP contribution >= 0.6 is 0 Å². The molecule has 0 fully saturated rings. The molecule has 1 nitrogen and oxygen atoms in total. The number of halogens is 2. The zero-order valence-electron chi connectivity index (χ0n) is 14.1. The van der Waals surface area contributed by atoms with E-state index in [0.29, 0.717) is 0 Å². The predicted molar refractivity (Wildman–Crippen MR) is 84.8 cm³/mol. The van der Waals surface area contributed by atoms with Gasteiger partial charge in [0.25, 0.3) is 0 Å². The first-order valence-corrected chi connectivity index (χ1v) is 11.2. The molecule has 0 heterocycles. The quantitative estimate of drug-likeness (QED) is 0.536. The standard InChI is InChI=1S/C17H25OSi.2ClH.Ti/c1-6-18-17(12-11-14(2)13-15(17)3)19(4,5)16-9-7-8-10-16;;;/h7,9,11,13H,6,8,12H2,1-5H3;2*1H;/q;;;+2/p-2. The maximum atomic E-state index is 6.44. The van der Waals surface area contributed by atoms with Gasteiger partial charge in [0.05, 0.1) is 0 Å². The van der Waals surface area contributed by atoms with Crippen molar-refractivity contribution in [2.45, 2.75) is 51.9 Å². The van der Waals surface area contributed by atoms with E-state index in [1.165, 1.54) is 11.1 Å². The fourth-order valence-corrected chi connectivity index (χ4v) is 9.42. The predicted octanol–water partition coefficient (Wildman–Crippen LogP) is -1.39. The van der Waals surface area contributed by atoms with Gasteiger partial charge in [-0.25, -0.2) is 0 Å². The summed E-state index contributed by atoms with van der Waals surface area (Å²) in [6, 6.07) is 0. The van der Waals surface area contributed by atoms with E-state index in [1.807, 2.05) is 0 Å². The summed E-state index contributed by atoms with van der Waals surface area (Å²) < 4.78 is 7.98. The maximum absolute atomic E-state index is 6.44. The number of allylic oxidation sites excluding steroid dienone is 6. The van der Waals surface area contributed by atoms with Crippen molar-refractivity contribution in [3.05, 3.63) is 44.5 Å². The molecule has 0 bridgehead atoms. The molecule has 121 valence electrons. The third-order valence-electron chi connectivity index (χ3n) is 4.80. The van der Waals surface area contributed by atoms with Crippen molar-refractivity contribution < 1.29 is 50.0 Å². The summed E-state index contributed by atoms with van der Waals surface area (Å²) in [5.41, 5.74) is 2.78. The van der Waals surface area contributed by atoms with Crippen molar-refractivity contribution in [1.82, 2.24) is 0 Å². The van der Waals surface area contributed by atoms with E-state index in [0.717, 1.165) is 19.4 Å². The van der Waals surface area contributed by atoms with E-state index in [1.54, 1.807) is 9.07 Å². The first-order chi connectivity index (χ1) is 9.35. The molecule has 0 saturated carbocycles. The third kappa shape index (κ3) is 3.74. The SMILES string of the molecule is CCOC1([Si](C)(C)C2=[C]([Ti+2])CC=C2)CC=C(C)C=C1C.[Cl-].[Cl-]. The van der Waals surface area contributed by atoms with Crippen LogP contribution in [-0.2, 0) is 25.2 Å². The van der Waals surface area contributed by atoms with Crippen molar-refractivity contribution in [3.8, 4) is 0 Å². The van der Waals surface area contributed by atoms with Gasteiger partial charge in [0.15, 0.2) is 0 Å². The van der Waals surface area contributed by atoms with E-state index >= 15 is 0 Å². The summed E-state index contributed by atoms with van der Waals surface area (Å²) in [7, 11) is -1.74. The Labute approximate surface area is 160 Å². The van der Waals surface area contributed by atoms with Crippen molar-refractivity contribution in [3.63, 3.8) is 0 Å². The first kappa shape index (κ1) is 22.4. The average Bonchev–Trinajstić information content (AvgIpc) is 2.80. The molecule has 0 aromatic rings. The second-order valence-corrected chi connectivity index (χ2v) is 11.9. The monoisotopic (exact) mass is 391 g/mol. The first-order valence-electron chi connectivity index (χ1n) is 7.46. The molecule has 0 saturated heterocycles. The van der Waals surface area contributed by atoms with Gasteiger partial charge in [-0.05, 0) is 0 Å². The van der Waals surface area contributed by atoms with Gasteiger partial charge in [0.1, 0.15) is 0 Å². The van der Waals surface area contributed by atoms with Gasteiger partial charge in [-0.15, -0.1) is 0 Å². The molecule has 22 heavy (non-hydrogen) atoms. The molecule has 0 spiro atoms. The van der Waals surface area contributed by atoms with Crippen molar-refractivity contribution >= 4 is 8.07 Å². The summed E-state index contributed by atoms with van der Waals surface area (Å²) in [6.07, 6.45) is 11.5. The molecule has 1 atom stereocenters. The van der Waals surface area contributed by atoms with E-state index in [4.69, 9.17) is 4.74 Å². The normalized spacial score (nSPS) is 24.5. The molecule has 2 aliphatic rings. The Kier molecular flexibility index (Phi) is 8.67. The smallest absolute Gasteiger partial charge is 1.00 e. The Morgan fingerprint density at radius 2 is 1.91 bits per heavy atom. The summed E-state index contributed by atoms with van der Waals surface area (Å²) in [5, 5.41) is 1.51. The summed E-state index contributed by atoms with van der Waals surface area (Å²) in [4.78, 5) is 0. The average molecular weight is 392 g/mol. The summed E-state index contributed by atoms with van der Waals surface area (Å²) in [5.74, 6) is 0. The Balaban J connectivity index is 0.00000220. The minimum Gasteiger partial charge on any atom is -1.00 e. The van der Waals surface area contributed by atoms with Gasteiger partial charge in [0, 0.05) is 0 Å². The zero-order chi connectivity index (χ0) is 15.0. The third-order valence-corrected chi connectivity index (χ3v) is 10.5. The van der Waals surface area contributed by atoms with Gasteiger partial charge < -0.3 is 24.8 Å². The van der Waals surface area contributed by atoms with Crippen LogP contribution in [-0.4, -0.2) is 19.9 Å². The second-order valence-electron chi connectivity index (χ2n) is 6.36. The van der Waals surface area contributed by atoms with E-state index in [-0.39, 0.29) is 30.0 Å². The Hall–Kier alpha value is 0.431. The largest absolute Gasteiger partial charge is 1.00 e. The summed E-state index contributed by atoms with van der Waals surface area (Å²) >= 11 is 2.28. The number of hydrogen-bond acceptors (Lipinski definition) is 1. The molecule has 0 aromatic carbocycles. The number of rotatable bonds is 4. The topological polar surface area (TPSA) is 9.23 Å². The molecule has 0 aromatic heterocycles. The molecule has 2 rings (SSSR count). The van der Waals surface area contributed by atoms with Crippen LogP contribution in [0.5, 0.6) is 0 Å². The molecule has 1 unspecified atom stereocenters. The van der Waals surface area contributed by atoms with Gasteiger partial charge in [-0.1, -0.05) is 0 Å². The number of hydrogen-bond donors (Lipinski definition) is 0. The van der Waals surface area contributed by atoms with E-state index in [2.05, 4.69) is 78.6 Å². The van der Waals surface area contributed by atoms with Gasteiger partial charge >= 0.3 is 136 Å². The minimum atomic E-state index is -1.74.